The molecule has 0 aliphatic rings. The Hall–Kier alpha value is -1.49. The summed E-state index contributed by atoms with van der Waals surface area (Å²) in [7, 11) is -3.85. The van der Waals surface area contributed by atoms with Crippen molar-refractivity contribution < 1.29 is 13.3 Å². The number of thiophene rings is 1. The molecule has 0 unspecified atom stereocenters. The minimum absolute atomic E-state index is 0.0648. The number of nitrogen functional groups attached to an aromatic ring is 1. The van der Waals surface area contributed by atoms with Crippen molar-refractivity contribution in [3.63, 3.8) is 0 Å². The molecule has 10 heteroatoms. The highest BCUT2D eigenvalue weighted by atomic mass is 79.9. The smallest absolute Gasteiger partial charge is 0.304 e. The molecule has 1 aromatic heterocycles. The number of nitrogens with two attached hydrogens (primary N) is 1. The van der Waals surface area contributed by atoms with Gasteiger partial charge in [0.05, 0.1) is 4.92 Å². The van der Waals surface area contributed by atoms with Gasteiger partial charge >= 0.3 is 5.69 Å². The molecule has 2 aromatic rings. The van der Waals surface area contributed by atoms with Crippen LogP contribution in [0.1, 0.15) is 5.56 Å². The second-order valence-corrected chi connectivity index (χ2v) is 7.92. The van der Waals surface area contributed by atoms with Gasteiger partial charge in [-0.2, -0.15) is 0 Å². The van der Waals surface area contributed by atoms with Gasteiger partial charge in [-0.05, 0) is 11.6 Å². The molecular formula is C11H10BrN3O4S2. The average Bonchev–Trinajstić information content (AvgIpc) is 2.81. The molecule has 0 aliphatic heterocycles. The zero-order valence-electron chi connectivity index (χ0n) is 10.4. The van der Waals surface area contributed by atoms with E-state index in [1.165, 1.54) is 0 Å². The van der Waals surface area contributed by atoms with Crippen LogP contribution in [0.4, 0.5) is 10.7 Å². The normalized spacial score (nSPS) is 11.5. The zero-order valence-corrected chi connectivity index (χ0v) is 13.7. The van der Waals surface area contributed by atoms with Gasteiger partial charge in [0, 0.05) is 17.1 Å². The molecule has 0 saturated carbocycles. The summed E-state index contributed by atoms with van der Waals surface area (Å²) in [6.45, 7) is 0.0648. The fraction of sp³-hybridized carbons (Fsp3) is 0.0909. The second-order valence-electron chi connectivity index (χ2n) is 3.99. The molecule has 7 nitrogen and oxygen atoms in total. The van der Waals surface area contributed by atoms with Gasteiger partial charge in [-0.3, -0.25) is 10.1 Å². The van der Waals surface area contributed by atoms with E-state index in [9.17, 15) is 18.5 Å². The van der Waals surface area contributed by atoms with Gasteiger partial charge in [0.15, 0.2) is 5.00 Å². The van der Waals surface area contributed by atoms with E-state index in [0.717, 1.165) is 16.1 Å². The molecule has 1 heterocycles. The third kappa shape index (κ3) is 3.59. The number of hydrogen-bond acceptors (Lipinski definition) is 6. The van der Waals surface area contributed by atoms with Gasteiger partial charge in [-0.1, -0.05) is 45.5 Å². The lowest BCUT2D eigenvalue weighted by molar-refractivity contribution is -0.383. The molecule has 0 atom stereocenters. The third-order valence-electron chi connectivity index (χ3n) is 2.59. The number of rotatable bonds is 5. The minimum atomic E-state index is -3.85. The summed E-state index contributed by atoms with van der Waals surface area (Å²) in [6, 6.07) is 8.10. The predicted octanol–water partition coefficient (Wildman–Crippen LogP) is 2.48. The maximum atomic E-state index is 12.1. The number of sulfonamides is 1. The quantitative estimate of drug-likeness (QED) is 0.599. The summed E-state index contributed by atoms with van der Waals surface area (Å²) >= 11 is 3.98. The fourth-order valence-electron chi connectivity index (χ4n) is 1.53. The summed E-state index contributed by atoms with van der Waals surface area (Å²) in [5.74, 6) is 0. The van der Waals surface area contributed by atoms with Gasteiger partial charge < -0.3 is 5.73 Å². The molecule has 0 radical (unpaired) electrons. The van der Waals surface area contributed by atoms with Crippen molar-refractivity contribution in [1.29, 1.82) is 0 Å². The monoisotopic (exact) mass is 391 g/mol. The highest BCUT2D eigenvalue weighted by Gasteiger charge is 2.24. The Labute approximate surface area is 133 Å². The van der Waals surface area contributed by atoms with Crippen LogP contribution in [0.15, 0.2) is 39.0 Å². The summed E-state index contributed by atoms with van der Waals surface area (Å²) in [4.78, 5) is 9.99. The first-order chi connectivity index (χ1) is 9.81. The van der Waals surface area contributed by atoms with E-state index in [1.807, 2.05) is 6.07 Å². The standard InChI is InChI=1S/C11H10BrN3O4S2/c12-8-4-2-1-3-7(8)6-14-21(18,19)10-5-9(15(16)17)11(13)20-10/h1-5,14H,6,13H2. The zero-order chi connectivity index (χ0) is 15.6. The van der Waals surface area contributed by atoms with Crippen LogP contribution < -0.4 is 10.5 Å². The Morgan fingerprint density at radius 2 is 2.05 bits per heavy atom. The lowest BCUT2D eigenvalue weighted by Gasteiger charge is -2.06. The van der Waals surface area contributed by atoms with E-state index < -0.39 is 20.6 Å². The number of benzene rings is 1. The predicted molar refractivity (Wildman–Crippen MR) is 83.6 cm³/mol. The van der Waals surface area contributed by atoms with Crippen molar-refractivity contribution in [2.45, 2.75) is 10.8 Å². The third-order valence-corrected chi connectivity index (χ3v) is 6.19. The molecule has 2 rings (SSSR count). The van der Waals surface area contributed by atoms with E-state index in [4.69, 9.17) is 5.73 Å². The first-order valence-corrected chi connectivity index (χ1v) is 8.67. The van der Waals surface area contributed by atoms with Gasteiger partial charge in [0.25, 0.3) is 10.0 Å². The fourth-order valence-corrected chi connectivity index (χ4v) is 4.22. The van der Waals surface area contributed by atoms with E-state index in [2.05, 4.69) is 20.7 Å². The molecular weight excluding hydrogens is 382 g/mol. The maximum Gasteiger partial charge on any atom is 0.304 e. The lowest BCUT2D eigenvalue weighted by Crippen LogP contribution is -2.22. The van der Waals surface area contributed by atoms with Crippen LogP contribution in [0.25, 0.3) is 0 Å². The first-order valence-electron chi connectivity index (χ1n) is 5.58. The van der Waals surface area contributed by atoms with Gasteiger partial charge in [-0.25, -0.2) is 13.1 Å². The molecule has 0 bridgehead atoms. The van der Waals surface area contributed by atoms with E-state index in [-0.39, 0.29) is 15.8 Å². The Bertz CT molecular complexity index is 789. The molecule has 0 fully saturated rings. The van der Waals surface area contributed by atoms with Gasteiger partial charge in [0.2, 0.25) is 0 Å². The SMILES string of the molecule is Nc1sc(S(=O)(=O)NCc2ccccc2Br)cc1[N+](=O)[O-]. The summed E-state index contributed by atoms with van der Waals surface area (Å²) < 4.78 is 27.2. The number of nitro groups is 1. The Balaban J connectivity index is 2.21. The van der Waals surface area contributed by atoms with E-state index in [0.29, 0.717) is 11.3 Å². The topological polar surface area (TPSA) is 115 Å². The average molecular weight is 392 g/mol. The molecule has 0 amide bonds. The van der Waals surface area contributed by atoms with Crippen molar-refractivity contribution in [3.8, 4) is 0 Å². The number of nitrogens with zero attached hydrogens (tertiary/aromatic N) is 1. The maximum absolute atomic E-state index is 12.1. The number of halogens is 1. The molecule has 21 heavy (non-hydrogen) atoms. The van der Waals surface area contributed by atoms with Gasteiger partial charge in [0.1, 0.15) is 4.21 Å². The number of anilines is 1. The van der Waals surface area contributed by atoms with Crippen molar-refractivity contribution in [3.05, 3.63) is 50.5 Å². The summed E-state index contributed by atoms with van der Waals surface area (Å²) in [5, 5.41) is 10.6. The molecule has 0 saturated heterocycles. The van der Waals surface area contributed by atoms with Crippen molar-refractivity contribution >= 4 is 48.0 Å². The molecule has 112 valence electrons. The Morgan fingerprint density at radius 1 is 1.38 bits per heavy atom. The van der Waals surface area contributed by atoms with Crippen molar-refractivity contribution in [1.82, 2.24) is 4.72 Å². The number of nitrogens with one attached hydrogen (secondary N) is 1. The summed E-state index contributed by atoms with van der Waals surface area (Å²) in [6.07, 6.45) is 0. The highest BCUT2D eigenvalue weighted by molar-refractivity contribution is 9.10. The van der Waals surface area contributed by atoms with Crippen molar-refractivity contribution in [2.24, 2.45) is 0 Å². The lowest BCUT2D eigenvalue weighted by atomic mass is 10.2. The molecule has 3 N–H and O–H groups in total. The van der Waals surface area contributed by atoms with Gasteiger partial charge in [-0.15, -0.1) is 0 Å². The first kappa shape index (κ1) is 15.9. The second kappa shape index (κ2) is 6.10. The van der Waals surface area contributed by atoms with E-state index >= 15 is 0 Å². The van der Waals surface area contributed by atoms with Crippen LogP contribution >= 0.6 is 27.3 Å². The largest absolute Gasteiger partial charge is 0.385 e. The van der Waals surface area contributed by atoms with Crippen LogP contribution in [0.5, 0.6) is 0 Å². The Morgan fingerprint density at radius 3 is 2.62 bits per heavy atom. The van der Waals surface area contributed by atoms with Crippen LogP contribution in [0.2, 0.25) is 0 Å². The van der Waals surface area contributed by atoms with Crippen LogP contribution in [-0.2, 0) is 16.6 Å². The molecule has 1 aromatic carbocycles. The summed E-state index contributed by atoms with van der Waals surface area (Å²) in [5.41, 5.74) is 5.80. The van der Waals surface area contributed by atoms with Crippen LogP contribution in [-0.4, -0.2) is 13.3 Å². The minimum Gasteiger partial charge on any atom is -0.385 e. The van der Waals surface area contributed by atoms with Crippen molar-refractivity contribution in [2.75, 3.05) is 5.73 Å². The highest BCUT2D eigenvalue weighted by Crippen LogP contribution is 2.34. The van der Waals surface area contributed by atoms with Crippen LogP contribution in [0, 0.1) is 10.1 Å². The molecule has 0 aliphatic carbocycles. The van der Waals surface area contributed by atoms with Crippen LogP contribution in [0.3, 0.4) is 0 Å². The Kier molecular flexibility index (Phi) is 4.61. The number of hydrogen-bond donors (Lipinski definition) is 2. The molecule has 0 spiro atoms. The van der Waals surface area contributed by atoms with E-state index in [1.54, 1.807) is 18.2 Å².